The van der Waals surface area contributed by atoms with Gasteiger partial charge in [-0.3, -0.25) is 4.79 Å². The Hall–Kier alpha value is -3.29. The van der Waals surface area contributed by atoms with Gasteiger partial charge in [0.05, 0.1) is 27.4 Å². The standard InChI is InChI=1S/C21H23F2NO5/c1-13(15-6-8-16(9-7-15)29-21(22)23)24-19(25)10-5-14-11-17(26-2)20(28-4)18(12-14)27-3/h5-13,21H,1-4H3,(H,24,25)/b10-5+. The molecule has 0 aliphatic rings. The first-order valence-corrected chi connectivity index (χ1v) is 8.71. The monoisotopic (exact) mass is 407 g/mol. The number of rotatable bonds is 9. The molecule has 2 aromatic rings. The van der Waals surface area contributed by atoms with Crippen LogP contribution in [0.3, 0.4) is 0 Å². The van der Waals surface area contributed by atoms with E-state index in [1.807, 2.05) is 0 Å². The average Bonchev–Trinajstić information content (AvgIpc) is 2.71. The summed E-state index contributed by atoms with van der Waals surface area (Å²) in [5.41, 5.74) is 1.44. The van der Waals surface area contributed by atoms with Crippen molar-refractivity contribution < 1.29 is 32.5 Å². The molecule has 0 aliphatic carbocycles. The average molecular weight is 407 g/mol. The molecular weight excluding hydrogens is 384 g/mol. The Morgan fingerprint density at radius 1 is 1.00 bits per heavy atom. The zero-order valence-electron chi connectivity index (χ0n) is 16.6. The SMILES string of the molecule is COc1cc(/C=C/C(=O)NC(C)c2ccc(OC(F)F)cc2)cc(OC)c1OC. The number of carbonyl (C=O) groups is 1. The van der Waals surface area contributed by atoms with Gasteiger partial charge in [0.25, 0.3) is 0 Å². The highest BCUT2D eigenvalue weighted by molar-refractivity contribution is 5.92. The lowest BCUT2D eigenvalue weighted by Gasteiger charge is -2.14. The van der Waals surface area contributed by atoms with E-state index in [9.17, 15) is 13.6 Å². The van der Waals surface area contributed by atoms with Crippen molar-refractivity contribution in [3.63, 3.8) is 0 Å². The molecule has 1 atom stereocenters. The lowest BCUT2D eigenvalue weighted by molar-refractivity contribution is -0.117. The minimum Gasteiger partial charge on any atom is -0.493 e. The largest absolute Gasteiger partial charge is 0.493 e. The number of alkyl halides is 2. The number of amides is 1. The summed E-state index contributed by atoms with van der Waals surface area (Å²) in [5.74, 6) is 1.16. The zero-order valence-corrected chi connectivity index (χ0v) is 16.6. The number of benzene rings is 2. The molecule has 1 N–H and O–H groups in total. The Kier molecular flexibility index (Phi) is 7.82. The molecule has 0 saturated heterocycles. The topological polar surface area (TPSA) is 66.0 Å². The van der Waals surface area contributed by atoms with Crippen molar-refractivity contribution in [3.8, 4) is 23.0 Å². The molecule has 6 nitrogen and oxygen atoms in total. The van der Waals surface area contributed by atoms with Gasteiger partial charge >= 0.3 is 6.61 Å². The van der Waals surface area contributed by atoms with Crippen LogP contribution in [0.4, 0.5) is 8.78 Å². The number of nitrogens with one attached hydrogen (secondary N) is 1. The van der Waals surface area contributed by atoms with Crippen LogP contribution in [-0.2, 0) is 4.79 Å². The molecule has 156 valence electrons. The molecule has 0 heterocycles. The van der Waals surface area contributed by atoms with E-state index in [-0.39, 0.29) is 17.7 Å². The Morgan fingerprint density at radius 2 is 1.59 bits per heavy atom. The molecule has 2 aromatic carbocycles. The molecule has 8 heteroatoms. The van der Waals surface area contributed by atoms with Crippen molar-refractivity contribution in [2.75, 3.05) is 21.3 Å². The Labute approximate surface area is 168 Å². The van der Waals surface area contributed by atoms with Crippen LogP contribution in [0.5, 0.6) is 23.0 Å². The second kappa shape index (κ2) is 10.3. The summed E-state index contributed by atoms with van der Waals surface area (Å²) in [5, 5.41) is 2.80. The lowest BCUT2D eigenvalue weighted by Crippen LogP contribution is -2.24. The molecule has 1 unspecified atom stereocenters. The number of hydrogen-bond donors (Lipinski definition) is 1. The highest BCUT2D eigenvalue weighted by Crippen LogP contribution is 2.38. The van der Waals surface area contributed by atoms with Crippen molar-refractivity contribution in [1.82, 2.24) is 5.32 Å². The van der Waals surface area contributed by atoms with Gasteiger partial charge in [-0.1, -0.05) is 12.1 Å². The zero-order chi connectivity index (χ0) is 21.4. The van der Waals surface area contributed by atoms with Gasteiger partial charge in [0.1, 0.15) is 5.75 Å². The molecule has 0 fully saturated rings. The molecule has 29 heavy (non-hydrogen) atoms. The van der Waals surface area contributed by atoms with E-state index in [4.69, 9.17) is 14.2 Å². The first-order chi connectivity index (χ1) is 13.9. The highest BCUT2D eigenvalue weighted by Gasteiger charge is 2.13. The Morgan fingerprint density at radius 3 is 2.07 bits per heavy atom. The van der Waals surface area contributed by atoms with Crippen LogP contribution in [0.25, 0.3) is 6.08 Å². The number of halogens is 2. The number of hydrogen-bond acceptors (Lipinski definition) is 5. The predicted octanol–water partition coefficient (Wildman–Crippen LogP) is 4.20. The second-order valence-corrected chi connectivity index (χ2v) is 5.97. The molecule has 0 saturated carbocycles. The smallest absolute Gasteiger partial charge is 0.387 e. The summed E-state index contributed by atoms with van der Waals surface area (Å²) < 4.78 is 44.6. The van der Waals surface area contributed by atoms with E-state index in [0.29, 0.717) is 22.8 Å². The molecule has 0 aromatic heterocycles. The third-order valence-corrected chi connectivity index (χ3v) is 4.08. The van der Waals surface area contributed by atoms with Crippen molar-refractivity contribution in [3.05, 3.63) is 53.6 Å². The van der Waals surface area contributed by atoms with Gasteiger partial charge in [-0.2, -0.15) is 8.78 Å². The van der Waals surface area contributed by atoms with Gasteiger partial charge < -0.3 is 24.3 Å². The first kappa shape index (κ1) is 22.0. The molecule has 0 bridgehead atoms. The van der Waals surface area contributed by atoms with Crippen LogP contribution < -0.4 is 24.3 Å². The maximum Gasteiger partial charge on any atom is 0.387 e. The summed E-state index contributed by atoms with van der Waals surface area (Å²) in [6, 6.07) is 9.20. The maximum atomic E-state index is 12.2. The minimum atomic E-state index is -2.88. The Bertz CT molecular complexity index is 828. The van der Waals surface area contributed by atoms with Crippen molar-refractivity contribution in [2.45, 2.75) is 19.6 Å². The van der Waals surface area contributed by atoms with E-state index in [0.717, 1.165) is 5.56 Å². The summed E-state index contributed by atoms with van der Waals surface area (Å²) in [4.78, 5) is 12.2. The fourth-order valence-electron chi connectivity index (χ4n) is 2.65. The molecule has 0 radical (unpaired) electrons. The quantitative estimate of drug-likeness (QED) is 0.631. The van der Waals surface area contributed by atoms with E-state index >= 15 is 0 Å². The minimum absolute atomic E-state index is 0.0598. The third-order valence-electron chi connectivity index (χ3n) is 4.08. The van der Waals surface area contributed by atoms with Crippen LogP contribution in [0.1, 0.15) is 24.1 Å². The van der Waals surface area contributed by atoms with Crippen LogP contribution in [0.15, 0.2) is 42.5 Å². The molecule has 1 amide bonds. The van der Waals surface area contributed by atoms with E-state index in [1.54, 1.807) is 37.3 Å². The van der Waals surface area contributed by atoms with Crippen molar-refractivity contribution in [2.24, 2.45) is 0 Å². The van der Waals surface area contributed by atoms with Crippen molar-refractivity contribution in [1.29, 1.82) is 0 Å². The summed E-state index contributed by atoms with van der Waals surface area (Å²) in [7, 11) is 4.53. The molecule has 2 rings (SSSR count). The summed E-state index contributed by atoms with van der Waals surface area (Å²) >= 11 is 0. The third kappa shape index (κ3) is 6.10. The van der Waals surface area contributed by atoms with Crippen LogP contribution >= 0.6 is 0 Å². The van der Waals surface area contributed by atoms with Gasteiger partial charge in [-0.25, -0.2) is 0 Å². The number of carbonyl (C=O) groups excluding carboxylic acids is 1. The fraction of sp³-hybridized carbons (Fsp3) is 0.286. The van der Waals surface area contributed by atoms with Crippen LogP contribution in [0, 0.1) is 0 Å². The molecule has 0 aliphatic heterocycles. The lowest BCUT2D eigenvalue weighted by atomic mass is 10.1. The maximum absolute atomic E-state index is 12.2. The van der Waals surface area contributed by atoms with Crippen LogP contribution in [-0.4, -0.2) is 33.8 Å². The Balaban J connectivity index is 2.05. The number of ether oxygens (including phenoxy) is 4. The van der Waals surface area contributed by atoms with E-state index in [1.165, 1.54) is 39.5 Å². The second-order valence-electron chi connectivity index (χ2n) is 5.97. The van der Waals surface area contributed by atoms with Gasteiger partial charge in [0.15, 0.2) is 11.5 Å². The summed E-state index contributed by atoms with van der Waals surface area (Å²) in [6.07, 6.45) is 3.00. The predicted molar refractivity (Wildman–Crippen MR) is 105 cm³/mol. The fourth-order valence-corrected chi connectivity index (χ4v) is 2.65. The van der Waals surface area contributed by atoms with E-state index < -0.39 is 6.61 Å². The van der Waals surface area contributed by atoms with Crippen LogP contribution in [0.2, 0.25) is 0 Å². The summed E-state index contributed by atoms with van der Waals surface area (Å²) in [6.45, 7) is -1.09. The van der Waals surface area contributed by atoms with Gasteiger partial charge in [-0.05, 0) is 48.4 Å². The highest BCUT2D eigenvalue weighted by atomic mass is 19.3. The molecule has 0 spiro atoms. The van der Waals surface area contributed by atoms with Gasteiger partial charge in [0.2, 0.25) is 11.7 Å². The van der Waals surface area contributed by atoms with E-state index in [2.05, 4.69) is 10.1 Å². The first-order valence-electron chi connectivity index (χ1n) is 8.71. The van der Waals surface area contributed by atoms with Gasteiger partial charge in [0, 0.05) is 6.08 Å². The number of methoxy groups -OCH3 is 3. The van der Waals surface area contributed by atoms with Crippen molar-refractivity contribution >= 4 is 12.0 Å². The van der Waals surface area contributed by atoms with Gasteiger partial charge in [-0.15, -0.1) is 0 Å². The molecular formula is C21H23F2NO5. The normalized spacial score (nSPS) is 12.0.